The van der Waals surface area contributed by atoms with Crippen LogP contribution < -0.4 is 0 Å². The molecule has 1 atom stereocenters. The second-order valence-electron chi connectivity index (χ2n) is 8.89. The Labute approximate surface area is 187 Å². The van der Waals surface area contributed by atoms with Gasteiger partial charge in [0.25, 0.3) is 0 Å². The van der Waals surface area contributed by atoms with Crippen LogP contribution in [0.15, 0.2) is 59.4 Å². The molecule has 0 bridgehead atoms. The van der Waals surface area contributed by atoms with Crippen molar-refractivity contribution < 1.29 is 14.1 Å². The molecular weight excluding hydrogens is 404 g/mol. The summed E-state index contributed by atoms with van der Waals surface area (Å²) in [6.07, 6.45) is 8.40. The van der Waals surface area contributed by atoms with Crippen LogP contribution in [0.3, 0.4) is 0 Å². The van der Waals surface area contributed by atoms with E-state index in [1.165, 1.54) is 0 Å². The van der Waals surface area contributed by atoms with Crippen molar-refractivity contribution in [3.05, 3.63) is 66.3 Å². The van der Waals surface area contributed by atoms with Crippen LogP contribution in [0.1, 0.15) is 37.1 Å². The van der Waals surface area contributed by atoms with Gasteiger partial charge >= 0.3 is 0 Å². The molecule has 1 unspecified atom stereocenters. The number of pyridine rings is 1. The summed E-state index contributed by atoms with van der Waals surface area (Å²) in [5.74, 6) is 1.96. The van der Waals surface area contributed by atoms with Crippen molar-refractivity contribution >= 4 is 5.91 Å². The molecule has 1 amide bonds. The van der Waals surface area contributed by atoms with E-state index in [4.69, 9.17) is 9.26 Å². The molecule has 2 aliphatic heterocycles. The van der Waals surface area contributed by atoms with Gasteiger partial charge in [0.15, 0.2) is 0 Å². The van der Waals surface area contributed by atoms with Crippen molar-refractivity contribution in [2.24, 2.45) is 5.92 Å². The summed E-state index contributed by atoms with van der Waals surface area (Å²) in [4.78, 5) is 23.3. The van der Waals surface area contributed by atoms with Crippen molar-refractivity contribution in [3.63, 3.8) is 0 Å². The van der Waals surface area contributed by atoms with E-state index in [-0.39, 0.29) is 11.5 Å². The fraction of sp³-hybridized carbons (Fsp3) is 0.440. The Bertz CT molecular complexity index is 1030. The first-order chi connectivity index (χ1) is 15.7. The van der Waals surface area contributed by atoms with Gasteiger partial charge in [-0.2, -0.15) is 4.98 Å². The van der Waals surface area contributed by atoms with Crippen molar-refractivity contribution in [2.75, 3.05) is 19.7 Å². The Hall–Kier alpha value is -3.06. The lowest BCUT2D eigenvalue weighted by molar-refractivity contribution is -0.146. The topological polar surface area (TPSA) is 81.4 Å². The summed E-state index contributed by atoms with van der Waals surface area (Å²) < 4.78 is 11.8. The Morgan fingerprint density at radius 3 is 2.66 bits per heavy atom. The Morgan fingerprint density at radius 2 is 1.88 bits per heavy atom. The van der Waals surface area contributed by atoms with Crippen LogP contribution >= 0.6 is 0 Å². The molecular formula is C25H28N4O3. The number of ether oxygens (including phenoxy) is 1. The summed E-state index contributed by atoms with van der Waals surface area (Å²) in [7, 11) is 0. The molecule has 2 aliphatic rings. The highest BCUT2D eigenvalue weighted by Crippen LogP contribution is 2.39. The van der Waals surface area contributed by atoms with Gasteiger partial charge in [-0.25, -0.2) is 0 Å². The van der Waals surface area contributed by atoms with Gasteiger partial charge in [0, 0.05) is 44.1 Å². The van der Waals surface area contributed by atoms with E-state index in [1.54, 1.807) is 12.4 Å². The molecule has 0 aliphatic carbocycles. The van der Waals surface area contributed by atoms with Crippen LogP contribution in [0.4, 0.5) is 0 Å². The van der Waals surface area contributed by atoms with Crippen LogP contribution in [0.5, 0.6) is 0 Å². The van der Waals surface area contributed by atoms with Crippen molar-refractivity contribution in [1.82, 2.24) is 20.0 Å². The number of likely N-dealkylation sites (tertiary alicyclic amines) is 1. The predicted octanol–water partition coefficient (Wildman–Crippen LogP) is 3.70. The second kappa shape index (κ2) is 9.20. The highest BCUT2D eigenvalue weighted by Gasteiger charge is 2.41. The number of carbonyl (C=O) groups excluding carboxylic acids is 1. The summed E-state index contributed by atoms with van der Waals surface area (Å²) in [5.41, 5.74) is 1.84. The number of amides is 1. The first-order valence-electron chi connectivity index (χ1n) is 11.4. The zero-order valence-electron chi connectivity index (χ0n) is 18.2. The quantitative estimate of drug-likeness (QED) is 0.611. The molecule has 1 aromatic carbocycles. The second-order valence-corrected chi connectivity index (χ2v) is 8.89. The Balaban J connectivity index is 1.16. The molecule has 1 spiro atoms. The average Bonchev–Trinajstić information content (AvgIpc) is 3.29. The summed E-state index contributed by atoms with van der Waals surface area (Å²) in [6, 6.07) is 13.7. The maximum Gasteiger partial charge on any atom is 0.227 e. The fourth-order valence-electron chi connectivity index (χ4n) is 4.89. The average molecular weight is 433 g/mol. The smallest absolute Gasteiger partial charge is 0.227 e. The summed E-state index contributed by atoms with van der Waals surface area (Å²) >= 11 is 0. The van der Waals surface area contributed by atoms with E-state index in [9.17, 15) is 4.79 Å². The standard InChI is InChI=1S/C25H28N4O3/c30-23(17-19-6-11-26-12-7-19)29-13-9-25(10-14-29)18-20(8-15-31-25)16-22-27-24(28-32-22)21-4-2-1-3-5-21/h1-7,11-12,20H,8-10,13-18H2. The maximum atomic E-state index is 12.7. The summed E-state index contributed by atoms with van der Waals surface area (Å²) in [5, 5.41) is 4.15. The molecule has 7 nitrogen and oxygen atoms in total. The van der Waals surface area contributed by atoms with Gasteiger partial charge in [-0.15, -0.1) is 0 Å². The molecule has 166 valence electrons. The van der Waals surface area contributed by atoms with Gasteiger partial charge in [-0.05, 0) is 49.3 Å². The van der Waals surface area contributed by atoms with E-state index in [2.05, 4.69) is 15.1 Å². The van der Waals surface area contributed by atoms with E-state index >= 15 is 0 Å². The van der Waals surface area contributed by atoms with Crippen LogP contribution in [0.2, 0.25) is 0 Å². The van der Waals surface area contributed by atoms with E-state index in [0.717, 1.165) is 62.9 Å². The largest absolute Gasteiger partial charge is 0.375 e. The van der Waals surface area contributed by atoms with Gasteiger partial charge in [-0.1, -0.05) is 35.5 Å². The minimum Gasteiger partial charge on any atom is -0.375 e. The third-order valence-corrected chi connectivity index (χ3v) is 6.69. The molecule has 2 fully saturated rings. The lowest BCUT2D eigenvalue weighted by Crippen LogP contribution is -2.51. The first-order valence-corrected chi connectivity index (χ1v) is 11.4. The number of benzene rings is 1. The number of nitrogens with zero attached hydrogens (tertiary/aromatic N) is 4. The number of hydrogen-bond donors (Lipinski definition) is 0. The molecule has 3 aromatic rings. The highest BCUT2D eigenvalue weighted by atomic mass is 16.5. The van der Waals surface area contributed by atoms with Crippen LogP contribution in [0.25, 0.3) is 11.4 Å². The summed E-state index contributed by atoms with van der Waals surface area (Å²) in [6.45, 7) is 2.24. The number of piperidine rings is 1. The molecule has 5 rings (SSSR count). The normalized spacial score (nSPS) is 20.4. The molecule has 2 saturated heterocycles. The van der Waals surface area contributed by atoms with Crippen molar-refractivity contribution in [3.8, 4) is 11.4 Å². The molecule has 0 N–H and O–H groups in total. The maximum absolute atomic E-state index is 12.7. The number of hydrogen-bond acceptors (Lipinski definition) is 6. The minimum atomic E-state index is -0.140. The monoisotopic (exact) mass is 432 g/mol. The molecule has 0 radical (unpaired) electrons. The highest BCUT2D eigenvalue weighted by molar-refractivity contribution is 5.78. The van der Waals surface area contributed by atoms with Gasteiger partial charge in [0.1, 0.15) is 0 Å². The van der Waals surface area contributed by atoms with Gasteiger partial charge in [0.05, 0.1) is 12.0 Å². The minimum absolute atomic E-state index is 0.140. The van der Waals surface area contributed by atoms with E-state index in [0.29, 0.717) is 24.1 Å². The Kier molecular flexibility index (Phi) is 5.99. The zero-order valence-corrected chi connectivity index (χ0v) is 18.2. The lowest BCUT2D eigenvalue weighted by atomic mass is 9.78. The predicted molar refractivity (Wildman–Crippen MR) is 119 cm³/mol. The van der Waals surface area contributed by atoms with E-state index in [1.807, 2.05) is 47.4 Å². The third-order valence-electron chi connectivity index (χ3n) is 6.69. The van der Waals surface area contributed by atoms with E-state index < -0.39 is 0 Å². The molecule has 4 heterocycles. The zero-order chi connectivity index (χ0) is 21.8. The fourth-order valence-corrected chi connectivity index (χ4v) is 4.89. The van der Waals surface area contributed by atoms with Crippen LogP contribution in [0, 0.1) is 5.92 Å². The molecule has 7 heteroatoms. The molecule has 2 aromatic heterocycles. The van der Waals surface area contributed by atoms with Gasteiger partial charge in [-0.3, -0.25) is 9.78 Å². The van der Waals surface area contributed by atoms with Crippen LogP contribution in [-0.4, -0.2) is 51.2 Å². The Morgan fingerprint density at radius 1 is 1.09 bits per heavy atom. The van der Waals surface area contributed by atoms with Gasteiger partial charge in [0.2, 0.25) is 17.6 Å². The van der Waals surface area contributed by atoms with Gasteiger partial charge < -0.3 is 14.2 Å². The van der Waals surface area contributed by atoms with Crippen molar-refractivity contribution in [1.29, 1.82) is 0 Å². The molecule has 32 heavy (non-hydrogen) atoms. The third kappa shape index (κ3) is 4.72. The number of rotatable bonds is 5. The van der Waals surface area contributed by atoms with Crippen molar-refractivity contribution in [2.45, 2.75) is 44.1 Å². The number of aromatic nitrogens is 3. The SMILES string of the molecule is O=C(Cc1ccncc1)N1CCC2(CC1)CC(Cc1nc(-c3ccccc3)no1)CCO2. The van der Waals surface area contributed by atoms with Crippen LogP contribution in [-0.2, 0) is 22.4 Å². The number of carbonyl (C=O) groups is 1. The molecule has 0 saturated carbocycles. The lowest BCUT2D eigenvalue weighted by Gasteiger charge is -2.46. The first kappa shape index (κ1) is 20.8.